The molecular weight excluding hydrogens is 226 g/mol. The van der Waals surface area contributed by atoms with Crippen LogP contribution in [0.5, 0.6) is 0 Å². The third kappa shape index (κ3) is 2.02. The van der Waals surface area contributed by atoms with E-state index < -0.39 is 0 Å². The summed E-state index contributed by atoms with van der Waals surface area (Å²) in [5.74, 6) is 0. The van der Waals surface area contributed by atoms with E-state index in [0.717, 1.165) is 11.3 Å². The van der Waals surface area contributed by atoms with Crippen molar-refractivity contribution >= 4 is 11.6 Å². The Morgan fingerprint density at radius 2 is 2.00 bits per heavy atom. The second-order valence-electron chi connectivity index (χ2n) is 3.68. The highest BCUT2D eigenvalue weighted by molar-refractivity contribution is 6.30. The van der Waals surface area contributed by atoms with E-state index in [-0.39, 0.29) is 5.43 Å². The second kappa shape index (κ2) is 4.14. The Labute approximate surface area is 98.1 Å². The van der Waals surface area contributed by atoms with Crippen molar-refractivity contribution in [2.75, 3.05) is 0 Å². The molecule has 0 N–H and O–H groups in total. The minimum atomic E-state index is 0.00487. The monoisotopic (exact) mass is 237 g/mol. The fourth-order valence-corrected chi connectivity index (χ4v) is 1.82. The van der Waals surface area contributed by atoms with E-state index in [0.29, 0.717) is 11.7 Å². The second-order valence-corrected chi connectivity index (χ2v) is 4.04. The predicted octanol–water partition coefficient (Wildman–Crippen LogP) is 1.59. The van der Waals surface area contributed by atoms with Crippen molar-refractivity contribution in [1.82, 2.24) is 14.3 Å². The summed E-state index contributed by atoms with van der Waals surface area (Å²) in [4.78, 5) is 11.0. The van der Waals surface area contributed by atoms with Crippen LogP contribution in [0, 0.1) is 6.92 Å². The van der Waals surface area contributed by atoms with Crippen LogP contribution in [0.15, 0.2) is 29.3 Å². The van der Waals surface area contributed by atoms with Gasteiger partial charge in [0.05, 0.1) is 12.2 Å². The van der Waals surface area contributed by atoms with Crippen molar-refractivity contribution in [3.8, 4) is 0 Å². The molecule has 2 rings (SSSR count). The highest BCUT2D eigenvalue weighted by atomic mass is 35.5. The van der Waals surface area contributed by atoms with Gasteiger partial charge in [0.25, 0.3) is 0 Å². The minimum Gasteiger partial charge on any atom is -0.349 e. The van der Waals surface area contributed by atoms with Crippen molar-refractivity contribution < 1.29 is 0 Å². The molecule has 4 nitrogen and oxygen atoms in total. The summed E-state index contributed by atoms with van der Waals surface area (Å²) in [6, 6.07) is 3.05. The van der Waals surface area contributed by atoms with Crippen LogP contribution in [-0.4, -0.2) is 14.3 Å². The third-order valence-electron chi connectivity index (χ3n) is 2.47. The molecule has 0 aromatic carbocycles. The molecule has 0 fully saturated rings. The molecular formula is C11H12ClN3O. The zero-order chi connectivity index (χ0) is 11.7. The van der Waals surface area contributed by atoms with E-state index in [1.165, 1.54) is 12.1 Å². The van der Waals surface area contributed by atoms with E-state index in [1.54, 1.807) is 17.1 Å². The first kappa shape index (κ1) is 11.0. The van der Waals surface area contributed by atoms with Crippen LogP contribution in [0.2, 0.25) is 5.15 Å². The topological polar surface area (TPSA) is 39.8 Å². The highest BCUT2D eigenvalue weighted by Crippen LogP contribution is 2.19. The standard InChI is InChI=1S/C11H12ClN3O/c1-8-10(11(12)14(2)13-8)7-15-5-3-9(16)4-6-15/h3-6H,7H2,1-2H3. The number of rotatable bonds is 2. The van der Waals surface area contributed by atoms with E-state index in [1.807, 2.05) is 18.5 Å². The van der Waals surface area contributed by atoms with Gasteiger partial charge in [-0.25, -0.2) is 0 Å². The van der Waals surface area contributed by atoms with Gasteiger partial charge < -0.3 is 4.57 Å². The normalized spacial score (nSPS) is 10.7. The van der Waals surface area contributed by atoms with Crippen LogP contribution in [0.25, 0.3) is 0 Å². The Hall–Kier alpha value is -1.55. The molecule has 0 radical (unpaired) electrons. The van der Waals surface area contributed by atoms with E-state index in [9.17, 15) is 4.79 Å². The van der Waals surface area contributed by atoms with Crippen LogP contribution >= 0.6 is 11.6 Å². The largest absolute Gasteiger partial charge is 0.349 e. The molecule has 0 aliphatic carbocycles. The quantitative estimate of drug-likeness (QED) is 0.796. The number of aromatic nitrogens is 3. The lowest BCUT2D eigenvalue weighted by molar-refractivity contribution is 0.756. The molecule has 0 bridgehead atoms. The van der Waals surface area contributed by atoms with Gasteiger partial charge in [0.2, 0.25) is 0 Å². The molecule has 0 aliphatic heterocycles. The van der Waals surface area contributed by atoms with E-state index in [2.05, 4.69) is 5.10 Å². The summed E-state index contributed by atoms with van der Waals surface area (Å²) in [5.41, 5.74) is 1.89. The van der Waals surface area contributed by atoms with Gasteiger partial charge in [-0.05, 0) is 6.92 Å². The molecule has 84 valence electrons. The molecule has 0 saturated carbocycles. The molecule has 0 unspecified atom stereocenters. The summed E-state index contributed by atoms with van der Waals surface area (Å²) < 4.78 is 3.55. The lowest BCUT2D eigenvalue weighted by Gasteiger charge is -2.05. The van der Waals surface area contributed by atoms with Gasteiger partial charge >= 0.3 is 0 Å². The Kier molecular flexibility index (Phi) is 2.83. The number of halogens is 1. The first-order valence-corrected chi connectivity index (χ1v) is 5.30. The molecule has 5 heteroatoms. The van der Waals surface area contributed by atoms with E-state index in [4.69, 9.17) is 11.6 Å². The number of hydrogen-bond donors (Lipinski definition) is 0. The first-order chi connectivity index (χ1) is 7.58. The zero-order valence-corrected chi connectivity index (χ0v) is 9.90. The fraction of sp³-hybridized carbons (Fsp3) is 0.273. The van der Waals surface area contributed by atoms with Gasteiger partial charge in [0, 0.05) is 37.1 Å². The maximum atomic E-state index is 11.0. The van der Waals surface area contributed by atoms with Crippen molar-refractivity contribution in [2.45, 2.75) is 13.5 Å². The maximum absolute atomic E-state index is 11.0. The van der Waals surface area contributed by atoms with Gasteiger partial charge in [-0.3, -0.25) is 9.48 Å². The highest BCUT2D eigenvalue weighted by Gasteiger charge is 2.10. The lowest BCUT2D eigenvalue weighted by atomic mass is 10.2. The Morgan fingerprint density at radius 1 is 1.38 bits per heavy atom. The Balaban J connectivity index is 2.33. The molecule has 0 amide bonds. The van der Waals surface area contributed by atoms with Crippen LogP contribution in [0.4, 0.5) is 0 Å². The van der Waals surface area contributed by atoms with Crippen molar-refractivity contribution in [2.24, 2.45) is 7.05 Å². The van der Waals surface area contributed by atoms with Gasteiger partial charge in [-0.2, -0.15) is 5.10 Å². The summed E-state index contributed by atoms with van der Waals surface area (Å²) in [5, 5.41) is 4.87. The summed E-state index contributed by atoms with van der Waals surface area (Å²) in [7, 11) is 1.81. The van der Waals surface area contributed by atoms with E-state index >= 15 is 0 Å². The lowest BCUT2D eigenvalue weighted by Crippen LogP contribution is -2.05. The van der Waals surface area contributed by atoms with Crippen molar-refractivity contribution in [3.63, 3.8) is 0 Å². The van der Waals surface area contributed by atoms with Gasteiger partial charge in [0.1, 0.15) is 5.15 Å². The minimum absolute atomic E-state index is 0.00487. The maximum Gasteiger partial charge on any atom is 0.181 e. The van der Waals surface area contributed by atoms with Crippen LogP contribution < -0.4 is 5.43 Å². The zero-order valence-electron chi connectivity index (χ0n) is 9.14. The van der Waals surface area contributed by atoms with Gasteiger partial charge in [0.15, 0.2) is 5.43 Å². The third-order valence-corrected chi connectivity index (χ3v) is 2.94. The molecule has 0 saturated heterocycles. The average Bonchev–Trinajstić information content (AvgIpc) is 2.48. The number of pyridine rings is 1. The molecule has 0 spiro atoms. The molecule has 16 heavy (non-hydrogen) atoms. The van der Waals surface area contributed by atoms with Gasteiger partial charge in [-0.1, -0.05) is 11.6 Å². The predicted molar refractivity (Wildman–Crippen MR) is 62.8 cm³/mol. The van der Waals surface area contributed by atoms with Crippen molar-refractivity contribution in [1.29, 1.82) is 0 Å². The molecule has 2 aromatic rings. The summed E-state index contributed by atoms with van der Waals surface area (Å²) in [6.07, 6.45) is 3.48. The van der Waals surface area contributed by atoms with Crippen LogP contribution in [0.1, 0.15) is 11.3 Å². The van der Waals surface area contributed by atoms with Crippen molar-refractivity contribution in [3.05, 3.63) is 51.2 Å². The van der Waals surface area contributed by atoms with Gasteiger partial charge in [-0.15, -0.1) is 0 Å². The molecule has 2 aromatic heterocycles. The van der Waals surface area contributed by atoms with Crippen LogP contribution in [0.3, 0.4) is 0 Å². The first-order valence-electron chi connectivity index (χ1n) is 4.92. The summed E-state index contributed by atoms with van der Waals surface area (Å²) in [6.45, 7) is 2.54. The van der Waals surface area contributed by atoms with Crippen LogP contribution in [-0.2, 0) is 13.6 Å². The fourth-order valence-electron chi connectivity index (χ4n) is 1.59. The molecule has 0 atom stereocenters. The number of nitrogens with zero attached hydrogens (tertiary/aromatic N) is 3. The molecule has 0 aliphatic rings. The number of hydrogen-bond acceptors (Lipinski definition) is 2. The Morgan fingerprint density at radius 3 is 2.50 bits per heavy atom. The summed E-state index contributed by atoms with van der Waals surface area (Å²) >= 11 is 6.12. The SMILES string of the molecule is Cc1nn(C)c(Cl)c1Cn1ccc(=O)cc1. The smallest absolute Gasteiger partial charge is 0.181 e. The number of aryl methyl sites for hydroxylation is 2. The Bertz CT molecular complexity index is 551. The molecule has 2 heterocycles. The average molecular weight is 238 g/mol.